The first-order chi connectivity index (χ1) is 13.4. The van der Waals surface area contributed by atoms with Gasteiger partial charge in [-0.3, -0.25) is 0 Å². The molecule has 1 aliphatic carbocycles. The molecule has 5 N–H and O–H groups in total. The lowest BCUT2D eigenvalue weighted by Gasteiger charge is -2.45. The molecule has 0 aromatic heterocycles. The van der Waals surface area contributed by atoms with Gasteiger partial charge in [-0.15, -0.1) is 0 Å². The van der Waals surface area contributed by atoms with Gasteiger partial charge in [-0.2, -0.15) is 0 Å². The Morgan fingerprint density at radius 3 is 1.96 bits per heavy atom. The van der Waals surface area contributed by atoms with Crippen molar-refractivity contribution in [1.29, 1.82) is 0 Å². The minimum absolute atomic E-state index is 0.247. The lowest BCUT2D eigenvalue weighted by atomic mass is 9.87. The van der Waals surface area contributed by atoms with Crippen molar-refractivity contribution in [1.82, 2.24) is 0 Å². The van der Waals surface area contributed by atoms with Crippen molar-refractivity contribution in [3.63, 3.8) is 0 Å². The maximum absolute atomic E-state index is 10.8. The third-order valence-corrected chi connectivity index (χ3v) is 5.77. The molecule has 0 radical (unpaired) electrons. The zero-order valence-electron chi connectivity index (χ0n) is 15.5. The highest BCUT2D eigenvalue weighted by atomic mass is 16.7. The van der Waals surface area contributed by atoms with Crippen molar-refractivity contribution < 1.29 is 30.3 Å². The maximum Gasteiger partial charge on any atom is 0.222 e. The standard InChI is InChI=1S/C22H26O6/c23-12-18-19(24)20(25)21(26)22(27,28-18)17-9-3-14(4-10-17)11-13-1-5-15(6-2-13)16-7-8-16/h1-6,9-10,16,18-21,23-27H,7-8,11-12H2/t18-,19-,20+,21-,22-/m1/s1. The van der Waals surface area contributed by atoms with Crippen LogP contribution in [0.4, 0.5) is 0 Å². The van der Waals surface area contributed by atoms with E-state index in [0.29, 0.717) is 0 Å². The van der Waals surface area contributed by atoms with Crippen molar-refractivity contribution in [3.05, 3.63) is 70.8 Å². The van der Waals surface area contributed by atoms with Gasteiger partial charge in [0.1, 0.15) is 24.4 Å². The summed E-state index contributed by atoms with van der Waals surface area (Å²) in [4.78, 5) is 0. The molecular weight excluding hydrogens is 360 g/mol. The molecule has 0 spiro atoms. The quantitative estimate of drug-likeness (QED) is 0.519. The number of hydrogen-bond donors (Lipinski definition) is 5. The summed E-state index contributed by atoms with van der Waals surface area (Å²) >= 11 is 0. The molecule has 2 aromatic rings. The molecule has 28 heavy (non-hydrogen) atoms. The topological polar surface area (TPSA) is 110 Å². The number of hydrogen-bond acceptors (Lipinski definition) is 6. The second-order valence-corrected chi connectivity index (χ2v) is 7.85. The Labute approximate surface area is 163 Å². The van der Waals surface area contributed by atoms with Crippen LogP contribution < -0.4 is 0 Å². The highest BCUT2D eigenvalue weighted by Gasteiger charge is 2.53. The fourth-order valence-corrected chi connectivity index (χ4v) is 3.81. The van der Waals surface area contributed by atoms with E-state index in [2.05, 4.69) is 24.3 Å². The van der Waals surface area contributed by atoms with Crippen LogP contribution in [-0.4, -0.2) is 56.6 Å². The number of rotatable bonds is 5. The average molecular weight is 386 g/mol. The van der Waals surface area contributed by atoms with E-state index in [1.54, 1.807) is 12.1 Å². The molecule has 5 atom stereocenters. The third kappa shape index (κ3) is 3.59. The fraction of sp³-hybridized carbons (Fsp3) is 0.455. The predicted octanol–water partition coefficient (Wildman–Crippen LogP) is 0.774. The molecule has 6 nitrogen and oxygen atoms in total. The van der Waals surface area contributed by atoms with Crippen LogP contribution in [0.2, 0.25) is 0 Å². The molecule has 1 saturated carbocycles. The molecule has 0 bridgehead atoms. The molecular formula is C22H26O6. The Morgan fingerprint density at radius 2 is 1.43 bits per heavy atom. The van der Waals surface area contributed by atoms with E-state index in [1.807, 2.05) is 12.1 Å². The lowest BCUT2D eigenvalue weighted by Crippen LogP contribution is -2.63. The molecule has 1 saturated heterocycles. The zero-order chi connectivity index (χ0) is 19.9. The summed E-state index contributed by atoms with van der Waals surface area (Å²) in [7, 11) is 0. The largest absolute Gasteiger partial charge is 0.394 e. The van der Waals surface area contributed by atoms with E-state index >= 15 is 0 Å². The van der Waals surface area contributed by atoms with Gasteiger partial charge in [-0.1, -0.05) is 48.5 Å². The minimum Gasteiger partial charge on any atom is -0.394 e. The van der Waals surface area contributed by atoms with Crippen LogP contribution in [0.15, 0.2) is 48.5 Å². The molecule has 1 heterocycles. The van der Waals surface area contributed by atoms with Gasteiger partial charge in [0.2, 0.25) is 5.79 Å². The van der Waals surface area contributed by atoms with Crippen LogP contribution in [0.3, 0.4) is 0 Å². The summed E-state index contributed by atoms with van der Waals surface area (Å²) in [5, 5.41) is 50.2. The Hall–Kier alpha value is -1.80. The van der Waals surface area contributed by atoms with E-state index in [9.17, 15) is 25.5 Å². The van der Waals surface area contributed by atoms with Gasteiger partial charge in [0.15, 0.2) is 0 Å². The number of aliphatic hydroxyl groups excluding tert-OH is 4. The third-order valence-electron chi connectivity index (χ3n) is 5.77. The molecule has 6 heteroatoms. The first-order valence-electron chi connectivity index (χ1n) is 9.66. The van der Waals surface area contributed by atoms with Crippen LogP contribution in [0.25, 0.3) is 0 Å². The molecule has 0 amide bonds. The van der Waals surface area contributed by atoms with E-state index in [1.165, 1.54) is 24.0 Å². The van der Waals surface area contributed by atoms with Crippen molar-refractivity contribution in [2.24, 2.45) is 0 Å². The van der Waals surface area contributed by atoms with Crippen molar-refractivity contribution in [2.45, 2.75) is 55.4 Å². The minimum atomic E-state index is -2.21. The van der Waals surface area contributed by atoms with Crippen LogP contribution in [0.1, 0.15) is 41.0 Å². The predicted molar refractivity (Wildman–Crippen MR) is 102 cm³/mol. The van der Waals surface area contributed by atoms with Gasteiger partial charge in [0, 0.05) is 5.56 Å². The molecule has 0 unspecified atom stereocenters. The second kappa shape index (κ2) is 7.55. The summed E-state index contributed by atoms with van der Waals surface area (Å²) in [6.07, 6.45) is -2.79. The van der Waals surface area contributed by atoms with Crippen molar-refractivity contribution in [2.75, 3.05) is 6.61 Å². The van der Waals surface area contributed by atoms with Crippen LogP contribution in [0.5, 0.6) is 0 Å². The number of benzene rings is 2. The number of aliphatic hydroxyl groups is 5. The Kier molecular flexibility index (Phi) is 5.26. The summed E-state index contributed by atoms with van der Waals surface area (Å²) in [6.45, 7) is -0.595. The monoisotopic (exact) mass is 386 g/mol. The Balaban J connectivity index is 1.50. The normalized spacial score (nSPS) is 33.0. The smallest absolute Gasteiger partial charge is 0.222 e. The summed E-state index contributed by atoms with van der Waals surface area (Å²) < 4.78 is 5.35. The second-order valence-electron chi connectivity index (χ2n) is 7.85. The summed E-state index contributed by atoms with van der Waals surface area (Å²) in [5.74, 6) is -1.48. The van der Waals surface area contributed by atoms with E-state index in [-0.39, 0.29) is 5.56 Å². The zero-order valence-corrected chi connectivity index (χ0v) is 15.5. The Bertz CT molecular complexity index is 799. The summed E-state index contributed by atoms with van der Waals surface area (Å²) in [5.41, 5.74) is 3.85. The van der Waals surface area contributed by atoms with Gasteiger partial charge in [-0.05, 0) is 41.9 Å². The molecule has 2 aliphatic rings. The molecule has 2 aromatic carbocycles. The highest BCUT2D eigenvalue weighted by Crippen LogP contribution is 2.40. The first-order valence-corrected chi connectivity index (χ1v) is 9.66. The fourth-order valence-electron chi connectivity index (χ4n) is 3.81. The van der Waals surface area contributed by atoms with Gasteiger partial charge in [-0.25, -0.2) is 0 Å². The van der Waals surface area contributed by atoms with Gasteiger partial charge in [0.05, 0.1) is 6.61 Å². The highest BCUT2D eigenvalue weighted by molar-refractivity contribution is 5.34. The van der Waals surface area contributed by atoms with Crippen LogP contribution in [-0.2, 0) is 16.9 Å². The number of ether oxygens (including phenoxy) is 1. The molecule has 1 aliphatic heterocycles. The average Bonchev–Trinajstić information content (AvgIpc) is 3.56. The van der Waals surface area contributed by atoms with Gasteiger partial charge in [0.25, 0.3) is 0 Å². The first kappa shape index (κ1) is 19.5. The van der Waals surface area contributed by atoms with Crippen LogP contribution >= 0.6 is 0 Å². The van der Waals surface area contributed by atoms with Gasteiger partial charge < -0.3 is 30.3 Å². The molecule has 150 valence electrons. The molecule has 2 fully saturated rings. The van der Waals surface area contributed by atoms with E-state index in [0.717, 1.165) is 17.9 Å². The lowest BCUT2D eigenvalue weighted by molar-refractivity contribution is -0.357. The Morgan fingerprint density at radius 1 is 0.857 bits per heavy atom. The summed E-state index contributed by atoms with van der Waals surface area (Å²) in [6, 6.07) is 15.5. The van der Waals surface area contributed by atoms with Crippen LogP contribution in [0, 0.1) is 0 Å². The van der Waals surface area contributed by atoms with Crippen molar-refractivity contribution >= 4 is 0 Å². The SMILES string of the molecule is OC[C@H]1O[C@](O)(c2ccc(Cc3ccc(C4CC4)cc3)cc2)[C@H](O)[C@@H](O)[C@@H]1O. The van der Waals surface area contributed by atoms with E-state index < -0.39 is 36.8 Å². The molecule has 4 rings (SSSR count). The van der Waals surface area contributed by atoms with Crippen molar-refractivity contribution in [3.8, 4) is 0 Å². The van der Waals surface area contributed by atoms with E-state index in [4.69, 9.17) is 4.74 Å². The van der Waals surface area contributed by atoms with Gasteiger partial charge >= 0.3 is 0 Å². The maximum atomic E-state index is 10.8.